The molecular weight excluding hydrogens is 454 g/mol. The molecule has 2 aromatic rings. The molecule has 2 amide bonds. The molecule has 3 rings (SSSR count). The fraction of sp³-hybridized carbons (Fsp3) is 0.364. The smallest absolute Gasteiger partial charge is 0.255 e. The largest absolute Gasteiger partial charge is 0.367 e. The van der Waals surface area contributed by atoms with E-state index in [4.69, 9.17) is 11.6 Å². The Labute approximate surface area is 185 Å². The Morgan fingerprint density at radius 2 is 1.72 bits per heavy atom. The van der Waals surface area contributed by atoms with Crippen molar-refractivity contribution in [1.82, 2.24) is 4.90 Å². The number of carbonyl (C=O) groups excluding carboxylic acids is 2. The lowest BCUT2D eigenvalue weighted by molar-refractivity contribution is -0.132. The summed E-state index contributed by atoms with van der Waals surface area (Å²) in [5.74, 6) is 0.408. The summed E-state index contributed by atoms with van der Waals surface area (Å²) in [7, 11) is 0. The summed E-state index contributed by atoms with van der Waals surface area (Å²) in [6.07, 6.45) is 0.591. The number of hydrogen-bond acceptors (Lipinski definition) is 3. The predicted molar refractivity (Wildman–Crippen MR) is 122 cm³/mol. The van der Waals surface area contributed by atoms with Crippen LogP contribution in [0.2, 0.25) is 5.02 Å². The summed E-state index contributed by atoms with van der Waals surface area (Å²) in [5.41, 5.74) is 2.15. The molecule has 0 aromatic heterocycles. The topological polar surface area (TPSA) is 52.7 Å². The molecule has 1 aliphatic heterocycles. The number of benzene rings is 2. The summed E-state index contributed by atoms with van der Waals surface area (Å²) in [4.78, 5) is 28.7. The lowest BCUT2D eigenvalue weighted by Crippen LogP contribution is -2.49. The van der Waals surface area contributed by atoms with Crippen molar-refractivity contribution < 1.29 is 9.59 Å². The Hall–Kier alpha value is -2.05. The van der Waals surface area contributed by atoms with Crippen LogP contribution in [0.15, 0.2) is 46.9 Å². The molecule has 0 atom stereocenters. The van der Waals surface area contributed by atoms with Crippen LogP contribution in [0.25, 0.3) is 0 Å². The number of hydrogen-bond donors (Lipinski definition) is 1. The van der Waals surface area contributed by atoms with Crippen molar-refractivity contribution in [3.63, 3.8) is 0 Å². The zero-order chi connectivity index (χ0) is 21.0. The normalized spacial score (nSPS) is 14.2. The SMILES string of the molecule is CC(C)CC(=O)N1CCN(c2ccc(NC(=O)c3ccc(Br)cc3)cc2Cl)CC1. The minimum absolute atomic E-state index is 0.182. The van der Waals surface area contributed by atoms with Gasteiger partial charge in [-0.3, -0.25) is 9.59 Å². The first kappa shape index (κ1) is 21.7. The van der Waals surface area contributed by atoms with Gasteiger partial charge >= 0.3 is 0 Å². The molecule has 1 saturated heterocycles. The highest BCUT2D eigenvalue weighted by Gasteiger charge is 2.23. The van der Waals surface area contributed by atoms with Crippen LogP contribution in [0.5, 0.6) is 0 Å². The lowest BCUT2D eigenvalue weighted by atomic mass is 10.1. The number of amides is 2. The van der Waals surface area contributed by atoms with E-state index >= 15 is 0 Å². The second-order valence-electron chi connectivity index (χ2n) is 7.59. The zero-order valence-corrected chi connectivity index (χ0v) is 19.0. The maximum atomic E-state index is 12.4. The van der Waals surface area contributed by atoms with Crippen LogP contribution < -0.4 is 10.2 Å². The average molecular weight is 479 g/mol. The minimum Gasteiger partial charge on any atom is -0.367 e. The fourth-order valence-corrected chi connectivity index (χ4v) is 3.89. The Kier molecular flexibility index (Phi) is 7.19. The Morgan fingerprint density at radius 3 is 2.31 bits per heavy atom. The molecule has 0 spiro atoms. The van der Waals surface area contributed by atoms with Crippen molar-refractivity contribution in [2.75, 3.05) is 36.4 Å². The van der Waals surface area contributed by atoms with Crippen LogP contribution in [0, 0.1) is 5.92 Å². The molecule has 154 valence electrons. The van der Waals surface area contributed by atoms with E-state index in [1.54, 1.807) is 18.2 Å². The van der Waals surface area contributed by atoms with Crippen LogP contribution in [0.3, 0.4) is 0 Å². The van der Waals surface area contributed by atoms with Gasteiger partial charge in [0.25, 0.3) is 5.91 Å². The molecule has 7 heteroatoms. The van der Waals surface area contributed by atoms with Gasteiger partial charge in [-0.25, -0.2) is 0 Å². The van der Waals surface area contributed by atoms with Crippen LogP contribution in [0.1, 0.15) is 30.6 Å². The molecule has 0 unspecified atom stereocenters. The predicted octanol–water partition coefficient (Wildman–Crippen LogP) is 5.05. The molecule has 1 N–H and O–H groups in total. The molecule has 2 aromatic carbocycles. The number of nitrogens with one attached hydrogen (secondary N) is 1. The molecule has 1 heterocycles. The van der Waals surface area contributed by atoms with Gasteiger partial charge in [-0.05, 0) is 48.4 Å². The average Bonchev–Trinajstić information content (AvgIpc) is 2.68. The summed E-state index contributed by atoms with van der Waals surface area (Å²) in [5, 5.41) is 3.46. The maximum absolute atomic E-state index is 12.4. The van der Waals surface area contributed by atoms with Gasteiger partial charge in [0.05, 0.1) is 10.7 Å². The summed E-state index contributed by atoms with van der Waals surface area (Å²) < 4.78 is 0.924. The van der Waals surface area contributed by atoms with Crippen molar-refractivity contribution in [3.8, 4) is 0 Å². The standard InChI is InChI=1S/C22H25BrClN3O2/c1-15(2)13-21(28)27-11-9-26(10-12-27)20-8-7-18(14-19(20)24)25-22(29)16-3-5-17(23)6-4-16/h3-8,14-15H,9-13H2,1-2H3,(H,25,29). The number of nitrogens with zero attached hydrogens (tertiary/aromatic N) is 2. The summed E-state index contributed by atoms with van der Waals surface area (Å²) in [6.45, 7) is 7.01. The van der Waals surface area contributed by atoms with E-state index in [0.29, 0.717) is 41.7 Å². The number of piperazine rings is 1. The summed E-state index contributed by atoms with van der Waals surface area (Å²) >= 11 is 9.86. The molecule has 0 bridgehead atoms. The molecule has 0 radical (unpaired) electrons. The highest BCUT2D eigenvalue weighted by molar-refractivity contribution is 9.10. The lowest BCUT2D eigenvalue weighted by Gasteiger charge is -2.36. The van der Waals surface area contributed by atoms with Gasteiger partial charge < -0.3 is 15.1 Å². The van der Waals surface area contributed by atoms with Crippen molar-refractivity contribution in [1.29, 1.82) is 0 Å². The highest BCUT2D eigenvalue weighted by atomic mass is 79.9. The monoisotopic (exact) mass is 477 g/mol. The van der Waals surface area contributed by atoms with Gasteiger partial charge in [0.1, 0.15) is 0 Å². The first-order chi connectivity index (χ1) is 13.8. The molecule has 0 aliphatic carbocycles. The van der Waals surface area contributed by atoms with Gasteiger partial charge in [0.15, 0.2) is 0 Å². The van der Waals surface area contributed by atoms with Gasteiger partial charge in [-0.2, -0.15) is 0 Å². The third kappa shape index (κ3) is 5.73. The van der Waals surface area contributed by atoms with Gasteiger partial charge in [0.2, 0.25) is 5.91 Å². The second kappa shape index (κ2) is 9.63. The maximum Gasteiger partial charge on any atom is 0.255 e. The van der Waals surface area contributed by atoms with Crippen LogP contribution in [0.4, 0.5) is 11.4 Å². The van der Waals surface area contributed by atoms with E-state index in [1.165, 1.54) is 0 Å². The highest BCUT2D eigenvalue weighted by Crippen LogP contribution is 2.30. The third-order valence-electron chi connectivity index (χ3n) is 4.87. The van der Waals surface area contributed by atoms with Crippen LogP contribution in [-0.4, -0.2) is 42.9 Å². The Balaban J connectivity index is 1.61. The van der Waals surface area contributed by atoms with E-state index < -0.39 is 0 Å². The molecule has 1 fully saturated rings. The molecule has 0 saturated carbocycles. The number of anilines is 2. The van der Waals surface area contributed by atoms with E-state index in [0.717, 1.165) is 23.2 Å². The second-order valence-corrected chi connectivity index (χ2v) is 8.92. The van der Waals surface area contributed by atoms with Crippen LogP contribution in [-0.2, 0) is 4.79 Å². The van der Waals surface area contributed by atoms with E-state index in [2.05, 4.69) is 40.0 Å². The molecule has 1 aliphatic rings. The third-order valence-corrected chi connectivity index (χ3v) is 5.70. The van der Waals surface area contributed by atoms with E-state index in [1.807, 2.05) is 29.2 Å². The Morgan fingerprint density at radius 1 is 1.07 bits per heavy atom. The van der Waals surface area contributed by atoms with Crippen LogP contribution >= 0.6 is 27.5 Å². The first-order valence-electron chi connectivity index (χ1n) is 9.72. The van der Waals surface area contributed by atoms with Crippen molar-refractivity contribution in [2.45, 2.75) is 20.3 Å². The molecule has 29 heavy (non-hydrogen) atoms. The molecule has 5 nitrogen and oxygen atoms in total. The minimum atomic E-state index is -0.182. The van der Waals surface area contributed by atoms with Crippen molar-refractivity contribution in [2.24, 2.45) is 5.92 Å². The van der Waals surface area contributed by atoms with Crippen molar-refractivity contribution in [3.05, 3.63) is 57.5 Å². The van der Waals surface area contributed by atoms with Gasteiger partial charge in [-0.15, -0.1) is 0 Å². The Bertz CT molecular complexity index is 878. The fourth-order valence-electron chi connectivity index (χ4n) is 3.32. The number of rotatable bonds is 5. The zero-order valence-electron chi connectivity index (χ0n) is 16.6. The van der Waals surface area contributed by atoms with Gasteiger partial charge in [0, 0.05) is 48.3 Å². The molecular formula is C22H25BrClN3O2. The number of halogens is 2. The van der Waals surface area contributed by atoms with Gasteiger partial charge in [-0.1, -0.05) is 41.4 Å². The first-order valence-corrected chi connectivity index (χ1v) is 10.9. The summed E-state index contributed by atoms with van der Waals surface area (Å²) in [6, 6.07) is 12.7. The van der Waals surface area contributed by atoms with E-state index in [-0.39, 0.29) is 11.8 Å². The van der Waals surface area contributed by atoms with E-state index in [9.17, 15) is 9.59 Å². The quantitative estimate of drug-likeness (QED) is 0.654. The number of carbonyl (C=O) groups is 2. The van der Waals surface area contributed by atoms with Crippen molar-refractivity contribution >= 4 is 50.7 Å².